The molecule has 4 nitrogen and oxygen atoms in total. The number of benzene rings is 3. The van der Waals surface area contributed by atoms with Crippen molar-refractivity contribution in [1.82, 2.24) is 0 Å². The van der Waals surface area contributed by atoms with E-state index in [2.05, 4.69) is 48.0 Å². The Morgan fingerprint density at radius 2 is 1.37 bits per heavy atom. The van der Waals surface area contributed by atoms with E-state index in [4.69, 9.17) is 17.0 Å². The molecule has 0 bridgehead atoms. The monoisotopic (exact) mass is 377 g/mol. The fraction of sp³-hybridized carbons (Fsp3) is 0.136. The number of aryl methyl sites for hydroxylation is 2. The van der Waals surface area contributed by atoms with Crippen LogP contribution in [-0.2, 0) is 0 Å². The van der Waals surface area contributed by atoms with Gasteiger partial charge in [-0.25, -0.2) is 0 Å². The average Bonchev–Trinajstić information content (AvgIpc) is 2.63. The summed E-state index contributed by atoms with van der Waals surface area (Å²) in [7, 11) is 1.66. The highest BCUT2D eigenvalue weighted by Gasteiger charge is 2.03. The first-order valence-corrected chi connectivity index (χ1v) is 9.11. The SMILES string of the molecule is COc1ccccc1Nc1ccc(NC(=S)Nc2cc(C)cc(C)c2)cc1. The van der Waals surface area contributed by atoms with E-state index in [1.54, 1.807) is 7.11 Å². The van der Waals surface area contributed by atoms with Crippen molar-refractivity contribution in [3.8, 4) is 5.75 Å². The molecule has 0 aliphatic carbocycles. The number of para-hydroxylation sites is 2. The Kier molecular flexibility index (Phi) is 5.94. The van der Waals surface area contributed by atoms with Gasteiger partial charge in [-0.15, -0.1) is 0 Å². The van der Waals surface area contributed by atoms with Crippen molar-refractivity contribution in [3.05, 3.63) is 77.9 Å². The van der Waals surface area contributed by atoms with Crippen LogP contribution in [0.5, 0.6) is 5.75 Å². The standard InChI is InChI=1S/C22H23N3OS/c1-15-12-16(2)14-19(13-15)25-22(27)24-18-10-8-17(9-11-18)23-20-6-4-5-7-21(20)26-3/h4-14,23H,1-3H3,(H2,24,25,27). The Labute approximate surface area is 165 Å². The van der Waals surface area contributed by atoms with E-state index in [0.717, 1.165) is 28.5 Å². The number of hydrogen-bond acceptors (Lipinski definition) is 3. The number of ether oxygens (including phenoxy) is 1. The lowest BCUT2D eigenvalue weighted by Gasteiger charge is -2.13. The highest BCUT2D eigenvalue weighted by Crippen LogP contribution is 2.27. The summed E-state index contributed by atoms with van der Waals surface area (Å²) in [6.45, 7) is 4.14. The topological polar surface area (TPSA) is 45.3 Å². The van der Waals surface area contributed by atoms with Gasteiger partial charge in [-0.2, -0.15) is 0 Å². The smallest absolute Gasteiger partial charge is 0.175 e. The van der Waals surface area contributed by atoms with E-state index >= 15 is 0 Å². The van der Waals surface area contributed by atoms with Crippen molar-refractivity contribution >= 4 is 40.1 Å². The van der Waals surface area contributed by atoms with Crippen LogP contribution in [0.3, 0.4) is 0 Å². The van der Waals surface area contributed by atoms with E-state index in [1.165, 1.54) is 11.1 Å². The molecule has 3 rings (SSSR count). The zero-order valence-electron chi connectivity index (χ0n) is 15.7. The number of methoxy groups -OCH3 is 1. The van der Waals surface area contributed by atoms with Gasteiger partial charge in [-0.05, 0) is 85.7 Å². The van der Waals surface area contributed by atoms with Crippen LogP contribution in [0, 0.1) is 13.8 Å². The third kappa shape index (κ3) is 5.21. The molecule has 138 valence electrons. The normalized spacial score (nSPS) is 10.2. The van der Waals surface area contributed by atoms with Gasteiger partial charge in [0.05, 0.1) is 12.8 Å². The largest absolute Gasteiger partial charge is 0.495 e. The molecular weight excluding hydrogens is 354 g/mol. The third-order valence-corrected chi connectivity index (χ3v) is 4.21. The van der Waals surface area contributed by atoms with Crippen LogP contribution in [0.2, 0.25) is 0 Å². The van der Waals surface area contributed by atoms with E-state index in [1.807, 2.05) is 48.5 Å². The van der Waals surface area contributed by atoms with Gasteiger partial charge in [0, 0.05) is 17.1 Å². The summed E-state index contributed by atoms with van der Waals surface area (Å²) >= 11 is 5.42. The van der Waals surface area contributed by atoms with E-state index in [9.17, 15) is 0 Å². The lowest BCUT2D eigenvalue weighted by molar-refractivity contribution is 0.417. The first-order valence-electron chi connectivity index (χ1n) is 8.70. The minimum Gasteiger partial charge on any atom is -0.495 e. The van der Waals surface area contributed by atoms with Gasteiger partial charge in [0.2, 0.25) is 0 Å². The summed E-state index contributed by atoms with van der Waals surface area (Å²) in [4.78, 5) is 0. The maximum Gasteiger partial charge on any atom is 0.175 e. The molecule has 3 aromatic rings. The highest BCUT2D eigenvalue weighted by atomic mass is 32.1. The second kappa shape index (κ2) is 8.56. The van der Waals surface area contributed by atoms with Crippen molar-refractivity contribution in [2.45, 2.75) is 13.8 Å². The van der Waals surface area contributed by atoms with Gasteiger partial charge in [-0.3, -0.25) is 0 Å². The fourth-order valence-corrected chi connectivity index (χ4v) is 3.12. The molecule has 3 aromatic carbocycles. The van der Waals surface area contributed by atoms with Crippen LogP contribution >= 0.6 is 12.2 Å². The van der Waals surface area contributed by atoms with Crippen molar-refractivity contribution < 1.29 is 4.74 Å². The summed E-state index contributed by atoms with van der Waals surface area (Å²) in [5, 5.41) is 10.4. The number of rotatable bonds is 5. The van der Waals surface area contributed by atoms with E-state index in [-0.39, 0.29) is 0 Å². The molecule has 0 saturated heterocycles. The molecule has 0 atom stereocenters. The molecule has 0 saturated carbocycles. The summed E-state index contributed by atoms with van der Waals surface area (Å²) in [5.74, 6) is 0.804. The molecule has 27 heavy (non-hydrogen) atoms. The molecule has 0 unspecified atom stereocenters. The number of hydrogen-bond donors (Lipinski definition) is 3. The van der Waals surface area contributed by atoms with E-state index in [0.29, 0.717) is 5.11 Å². The van der Waals surface area contributed by atoms with Gasteiger partial charge < -0.3 is 20.7 Å². The van der Waals surface area contributed by atoms with Gasteiger partial charge in [0.15, 0.2) is 5.11 Å². The van der Waals surface area contributed by atoms with Gasteiger partial charge in [-0.1, -0.05) is 18.2 Å². The Bertz CT molecular complexity index is 918. The molecule has 3 N–H and O–H groups in total. The number of nitrogens with one attached hydrogen (secondary N) is 3. The molecule has 0 fully saturated rings. The maximum atomic E-state index is 5.42. The van der Waals surface area contributed by atoms with Crippen LogP contribution in [0.15, 0.2) is 66.7 Å². The van der Waals surface area contributed by atoms with Crippen LogP contribution in [-0.4, -0.2) is 12.2 Å². The van der Waals surface area contributed by atoms with Crippen molar-refractivity contribution in [3.63, 3.8) is 0 Å². The van der Waals surface area contributed by atoms with Gasteiger partial charge >= 0.3 is 0 Å². The van der Waals surface area contributed by atoms with Crippen LogP contribution in [0.25, 0.3) is 0 Å². The summed E-state index contributed by atoms with van der Waals surface area (Å²) < 4.78 is 5.37. The van der Waals surface area contributed by atoms with E-state index < -0.39 is 0 Å². The first kappa shape index (κ1) is 18.7. The van der Waals surface area contributed by atoms with Crippen LogP contribution in [0.4, 0.5) is 22.7 Å². The lowest BCUT2D eigenvalue weighted by Crippen LogP contribution is -2.19. The molecule has 0 aromatic heterocycles. The molecule has 0 amide bonds. The molecule has 0 aliphatic rings. The molecule has 0 aliphatic heterocycles. The van der Waals surface area contributed by atoms with Gasteiger partial charge in [0.1, 0.15) is 5.75 Å². The zero-order chi connectivity index (χ0) is 19.2. The second-order valence-electron chi connectivity index (χ2n) is 6.36. The molecular formula is C22H23N3OS. The Morgan fingerprint density at radius 3 is 2.04 bits per heavy atom. The molecule has 0 heterocycles. The Morgan fingerprint density at radius 1 is 0.778 bits per heavy atom. The lowest BCUT2D eigenvalue weighted by atomic mass is 10.1. The van der Waals surface area contributed by atoms with Crippen molar-refractivity contribution in [1.29, 1.82) is 0 Å². The number of thiocarbonyl (C=S) groups is 1. The Hall–Kier alpha value is -3.05. The minimum absolute atomic E-state index is 0.561. The maximum absolute atomic E-state index is 5.42. The third-order valence-electron chi connectivity index (χ3n) is 4.01. The second-order valence-corrected chi connectivity index (χ2v) is 6.77. The molecule has 0 radical (unpaired) electrons. The van der Waals surface area contributed by atoms with Crippen LogP contribution < -0.4 is 20.7 Å². The predicted molar refractivity (Wildman–Crippen MR) is 118 cm³/mol. The summed E-state index contributed by atoms with van der Waals surface area (Å²) in [6, 6.07) is 22.0. The van der Waals surface area contributed by atoms with Crippen molar-refractivity contribution in [2.24, 2.45) is 0 Å². The Balaban J connectivity index is 1.62. The van der Waals surface area contributed by atoms with Crippen LogP contribution in [0.1, 0.15) is 11.1 Å². The average molecular weight is 378 g/mol. The molecule has 5 heteroatoms. The van der Waals surface area contributed by atoms with Gasteiger partial charge in [0.25, 0.3) is 0 Å². The summed E-state index contributed by atoms with van der Waals surface area (Å²) in [6.07, 6.45) is 0. The van der Waals surface area contributed by atoms with Crippen molar-refractivity contribution in [2.75, 3.05) is 23.1 Å². The minimum atomic E-state index is 0.561. The highest BCUT2D eigenvalue weighted by molar-refractivity contribution is 7.80. The first-order chi connectivity index (χ1) is 13.0. The zero-order valence-corrected chi connectivity index (χ0v) is 16.5. The predicted octanol–water partition coefficient (Wildman–Crippen LogP) is 5.86. The molecule has 0 spiro atoms. The number of anilines is 4. The summed E-state index contributed by atoms with van der Waals surface area (Å²) in [5.41, 5.74) is 6.20. The fourth-order valence-electron chi connectivity index (χ4n) is 2.88. The quantitative estimate of drug-likeness (QED) is 0.486.